The van der Waals surface area contributed by atoms with E-state index in [0.717, 1.165) is 0 Å². The average Bonchev–Trinajstić information content (AvgIpc) is 0.741. The van der Waals surface area contributed by atoms with Gasteiger partial charge in [-0.2, -0.15) is 0 Å². The molecule has 12 heteroatoms. The van der Waals surface area contributed by atoms with Gasteiger partial charge in [0, 0.05) is 16.7 Å². The van der Waals surface area contributed by atoms with E-state index in [2.05, 4.69) is 439 Å². The molecule has 0 aliphatic heterocycles. The van der Waals surface area contributed by atoms with E-state index in [1.165, 1.54) is 174 Å². The van der Waals surface area contributed by atoms with Crippen molar-refractivity contribution in [3.63, 3.8) is 0 Å². The summed E-state index contributed by atoms with van der Waals surface area (Å²) in [6.07, 6.45) is 0. The zero-order valence-corrected chi connectivity index (χ0v) is 75.0. The molecule has 1 nitrogen and oxygen atoms in total. The Bertz CT molecular complexity index is 5410. The van der Waals surface area contributed by atoms with Gasteiger partial charge in [-0.25, -0.2) is 0 Å². The van der Waals surface area contributed by atoms with Crippen LogP contribution in [0.25, 0.3) is 65.3 Å². The van der Waals surface area contributed by atoms with Gasteiger partial charge in [-0.1, -0.05) is 257 Å². The largest absolute Gasteiger partial charge is 1.00 e. The third kappa shape index (κ3) is 20.1. The van der Waals surface area contributed by atoms with Crippen LogP contribution in [-0.2, 0) is 28.1 Å². The van der Waals surface area contributed by atoms with E-state index in [1.807, 2.05) is 31.4 Å². The molecule has 0 radical (unpaired) electrons. The molecule has 0 amide bonds. The SMILES string of the molecule is CNC.Cc1ccc([PH+](c2ccc(C)cc2)c2cc(-c3c([PH+](c4ccc(C)cc4)c4ccc(C)cc4)ccc4ccccc34)c3ccccc3c2)cc1.Cc1ccc([PH+](c2ccc(C)cc2)c2ccc3ccccc3c2-c2c([PH+](c3ccc(C)cc3)c3ccc(C)cc3)ccc3ccccc23)cc1.[Cl][Ru-2]([ClH+])([ClH+])[ClH+].[Cl][Ru].[H+]. The Morgan fingerprint density at radius 1 is 0.255 bits per heavy atom. The number of hydrogen-bond acceptors (Lipinski definition) is 1. The van der Waals surface area contributed by atoms with Gasteiger partial charge in [-0.3, -0.25) is 0 Å². The molecule has 557 valence electrons. The Morgan fingerprint density at radius 3 is 0.709 bits per heavy atom. The summed E-state index contributed by atoms with van der Waals surface area (Å²) in [5, 5.41) is 30.1. The molecule has 0 heterocycles. The van der Waals surface area contributed by atoms with Crippen molar-refractivity contribution in [2.75, 3.05) is 14.1 Å². The van der Waals surface area contributed by atoms with Gasteiger partial charge in [0.15, 0.2) is 0 Å². The summed E-state index contributed by atoms with van der Waals surface area (Å²) in [4.78, 5) is 0. The van der Waals surface area contributed by atoms with Crippen LogP contribution in [-0.4, -0.2) is 14.1 Å². The predicted octanol–water partition coefficient (Wildman–Crippen LogP) is 20.3. The molecule has 1 N–H and O–H groups in total. The van der Waals surface area contributed by atoms with Gasteiger partial charge in [0.25, 0.3) is 0 Å². The zero-order chi connectivity index (χ0) is 77.6. The minimum absolute atomic E-state index is 0. The van der Waals surface area contributed by atoms with Crippen LogP contribution >= 0.6 is 51.1 Å². The second-order valence-electron chi connectivity index (χ2n) is 28.1. The number of rotatable bonds is 14. The number of fused-ring (bicyclic) bond motifs is 4. The van der Waals surface area contributed by atoms with Gasteiger partial charge in [-0.05, 0) is 246 Å². The van der Waals surface area contributed by atoms with E-state index in [9.17, 15) is 0 Å². The van der Waals surface area contributed by atoms with Crippen LogP contribution in [0.2, 0.25) is 0 Å². The molecule has 16 rings (SSSR count). The van der Waals surface area contributed by atoms with Crippen LogP contribution in [0.3, 0.4) is 0 Å². The standard InChI is InChI=1S/2C48H40P2.C2H7N.5ClH.2Ru/c1-33-13-22-39(23-14-33)49(40-24-15-34(2)16-25-40)43-31-38-10-6-7-11-44(38)46(32-43)48-45-12-8-5-9-37(45)21-30-47(48)50(41-26-17-35(3)18-27-41)42-28-19-36(4)20-29-42;1-33-13-23-39(24-14-33)49(40-25-15-34(2)16-26-40)45-31-21-37-9-5-7-11-43(37)47(45)48-44-12-8-6-10-38(44)22-32-46(48)50(41-27-17-35(3)18-28-41)42-29-19-36(4)20-30-42;1-3-2;;;;;;;/h2*5-32H,1-4H3;3H,1-2H3;5*1H;;/q;;;;;;;;+1;+2/p+3. The van der Waals surface area contributed by atoms with Crippen molar-refractivity contribution in [1.29, 1.82) is 0 Å². The van der Waals surface area contributed by atoms with Crippen LogP contribution in [0, 0.1) is 84.5 Å². The van der Waals surface area contributed by atoms with Crippen LogP contribution in [0.4, 0.5) is 0 Å². The van der Waals surface area contributed by atoms with E-state index >= 15 is 0 Å². The minimum Gasteiger partial charge on any atom is 1.00 e. The van der Waals surface area contributed by atoms with Crippen molar-refractivity contribution in [3.8, 4) is 22.3 Å². The first-order valence-electron chi connectivity index (χ1n) is 36.7. The van der Waals surface area contributed by atoms with Gasteiger partial charge >= 0.3 is 78.0 Å². The molecule has 0 aromatic heterocycles. The van der Waals surface area contributed by atoms with Crippen molar-refractivity contribution >= 4 is 158 Å². The number of hydrogen-bond donors (Lipinski definition) is 1. The predicted molar refractivity (Wildman–Crippen MR) is 484 cm³/mol. The first kappa shape index (κ1) is 82.4. The molecule has 16 aromatic carbocycles. The summed E-state index contributed by atoms with van der Waals surface area (Å²) in [7, 11) is 18.5. The van der Waals surface area contributed by atoms with Crippen molar-refractivity contribution in [1.82, 2.24) is 5.32 Å². The normalized spacial score (nSPS) is 11.4. The molecule has 0 spiro atoms. The summed E-state index contributed by atoms with van der Waals surface area (Å²) in [6.45, 7) is 17.5. The van der Waals surface area contributed by atoms with Crippen LogP contribution in [0.15, 0.2) is 340 Å². The van der Waals surface area contributed by atoms with Crippen LogP contribution < -0.4 is 69.0 Å². The first-order valence-corrected chi connectivity index (χ1v) is 54.4. The number of aryl methyl sites for hydroxylation is 8. The monoisotopic (exact) mass is 1790 g/mol. The Kier molecular flexibility index (Phi) is 28.9. The van der Waals surface area contributed by atoms with Crippen molar-refractivity contribution in [3.05, 3.63) is 384 Å². The quantitative estimate of drug-likeness (QED) is 0.0845. The molecule has 0 atom stereocenters. The van der Waals surface area contributed by atoms with E-state index in [-0.39, 0.29) is 1.43 Å². The van der Waals surface area contributed by atoms with Gasteiger partial charge in [0.2, 0.25) is 0 Å². The van der Waals surface area contributed by atoms with Gasteiger partial charge in [0.1, 0.15) is 63.7 Å². The molecule has 110 heavy (non-hydrogen) atoms. The third-order valence-electron chi connectivity index (χ3n) is 20.0. The minimum atomic E-state index is -2.64. The zero-order valence-electron chi connectivity index (χ0n) is 64.5. The fourth-order valence-corrected chi connectivity index (χ4v) is 25.4. The first-order chi connectivity index (χ1) is 53.3. The number of halogens is 5. The van der Waals surface area contributed by atoms with E-state index in [4.69, 9.17) is 9.69 Å². The maximum Gasteiger partial charge on any atom is 1.00 e. The fourth-order valence-electron chi connectivity index (χ4n) is 14.6. The van der Waals surface area contributed by atoms with Crippen molar-refractivity contribution < 1.29 is 58.6 Å². The van der Waals surface area contributed by atoms with Crippen molar-refractivity contribution in [2.45, 2.75) is 55.4 Å². The summed E-state index contributed by atoms with van der Waals surface area (Å²) < 4.78 is 0. The Morgan fingerprint density at radius 2 is 0.455 bits per heavy atom. The summed E-state index contributed by atoms with van der Waals surface area (Å²) in [5.41, 5.74) is 15.8. The van der Waals surface area contributed by atoms with E-state index in [0.29, 0.717) is 0 Å². The Balaban J connectivity index is 0.000000195. The molecule has 0 fully saturated rings. The second-order valence-corrected chi connectivity index (χ2v) is 55.7. The average molecular weight is 1790 g/mol. The number of nitrogens with one attached hydrogen (secondary N) is 1. The van der Waals surface area contributed by atoms with Crippen LogP contribution in [0.5, 0.6) is 0 Å². The molecule has 16 aromatic rings. The molecular formula is C98H95Cl5NP4Ru2+6. The number of benzene rings is 16. The van der Waals surface area contributed by atoms with Gasteiger partial charge in [-0.15, -0.1) is 0 Å². The second kappa shape index (κ2) is 38.6. The molecule has 0 unspecified atom stereocenters. The Labute approximate surface area is 691 Å². The molecule has 0 bridgehead atoms. The molecule has 0 saturated heterocycles. The maximum atomic E-state index is 5.14. The third-order valence-corrected chi connectivity index (χ3v) is 31.0. The van der Waals surface area contributed by atoms with Crippen molar-refractivity contribution in [2.24, 2.45) is 0 Å². The topological polar surface area (TPSA) is 12.0 Å². The fraction of sp³-hybridized carbons (Fsp3) is 0.102. The van der Waals surface area contributed by atoms with Crippen LogP contribution in [0.1, 0.15) is 45.9 Å². The summed E-state index contributed by atoms with van der Waals surface area (Å²) in [5.74, 6) is 0. The summed E-state index contributed by atoms with van der Waals surface area (Å²) in [6, 6.07) is 130. The van der Waals surface area contributed by atoms with Gasteiger partial charge < -0.3 is 5.32 Å². The maximum absolute atomic E-state index is 5.14. The van der Waals surface area contributed by atoms with Gasteiger partial charge in [0.05, 0.1) is 31.7 Å². The van der Waals surface area contributed by atoms with E-state index in [1.54, 1.807) is 0 Å². The summed E-state index contributed by atoms with van der Waals surface area (Å²) >= 11 is 1.82. The molecule has 0 aliphatic carbocycles. The smallest absolute Gasteiger partial charge is 1.00 e. The molecular weight excluding hydrogens is 1690 g/mol. The Hall–Kier alpha value is -7.06. The van der Waals surface area contributed by atoms with E-state index < -0.39 is 42.5 Å². The molecule has 0 saturated carbocycles. The molecule has 0 aliphatic rings.